The summed E-state index contributed by atoms with van der Waals surface area (Å²) in [6.07, 6.45) is 1.90. The molecule has 19 heavy (non-hydrogen) atoms. The molecule has 0 unspecified atom stereocenters. The lowest BCUT2D eigenvalue weighted by Gasteiger charge is -2.08. The molecule has 104 valence electrons. The van der Waals surface area contributed by atoms with Crippen LogP contribution in [0.1, 0.15) is 11.1 Å². The van der Waals surface area contributed by atoms with E-state index in [0.29, 0.717) is 6.04 Å². The van der Waals surface area contributed by atoms with Crippen molar-refractivity contribution in [3.8, 4) is 0 Å². The van der Waals surface area contributed by atoms with E-state index in [1.165, 1.54) is 11.1 Å². The minimum Gasteiger partial charge on any atom is -0.480 e. The zero-order valence-electron chi connectivity index (χ0n) is 10.5. The number of fused-ring (bicyclic) bond motifs is 1. The summed E-state index contributed by atoms with van der Waals surface area (Å²) in [6.45, 7) is -0.224. The van der Waals surface area contributed by atoms with Crippen LogP contribution in [0.3, 0.4) is 0 Å². The van der Waals surface area contributed by atoms with Crippen molar-refractivity contribution in [2.45, 2.75) is 18.9 Å². The standard InChI is InChI=1S/C11H13NO2.C2H5NO2/c13-11(14)7-12-10-5-8-3-1-2-4-9(8)6-10;3-1-2(4)5/h1-4,10,12H,5-7H2,(H,13,14);1,3H2,(H,4,5). The van der Waals surface area contributed by atoms with Crippen LogP contribution in [0.2, 0.25) is 0 Å². The van der Waals surface area contributed by atoms with Gasteiger partial charge in [-0.05, 0) is 24.0 Å². The fourth-order valence-electron chi connectivity index (χ4n) is 1.93. The highest BCUT2D eigenvalue weighted by molar-refractivity contribution is 5.69. The van der Waals surface area contributed by atoms with Crippen LogP contribution in [0, 0.1) is 0 Å². The first-order valence-corrected chi connectivity index (χ1v) is 5.96. The largest absolute Gasteiger partial charge is 0.480 e. The highest BCUT2D eigenvalue weighted by atomic mass is 16.4. The van der Waals surface area contributed by atoms with E-state index in [1.807, 2.05) is 12.1 Å². The quantitative estimate of drug-likeness (QED) is 0.603. The Balaban J connectivity index is 0.000000312. The molecule has 6 heteroatoms. The molecule has 0 bridgehead atoms. The molecule has 0 amide bonds. The molecule has 0 saturated heterocycles. The molecule has 1 aromatic rings. The average molecular weight is 266 g/mol. The Morgan fingerprint density at radius 2 is 1.63 bits per heavy atom. The van der Waals surface area contributed by atoms with E-state index in [2.05, 4.69) is 23.2 Å². The maximum atomic E-state index is 10.4. The summed E-state index contributed by atoms with van der Waals surface area (Å²) in [5.74, 6) is -1.76. The molecule has 0 atom stereocenters. The topological polar surface area (TPSA) is 113 Å². The van der Waals surface area contributed by atoms with E-state index in [4.69, 9.17) is 10.2 Å². The maximum absolute atomic E-state index is 10.4. The fraction of sp³-hybridized carbons (Fsp3) is 0.385. The smallest absolute Gasteiger partial charge is 0.317 e. The third kappa shape index (κ3) is 5.50. The van der Waals surface area contributed by atoms with E-state index in [1.54, 1.807) is 0 Å². The molecule has 0 aromatic heterocycles. The Morgan fingerprint density at radius 3 is 2.00 bits per heavy atom. The molecular formula is C13H18N2O4. The zero-order valence-corrected chi connectivity index (χ0v) is 10.5. The van der Waals surface area contributed by atoms with Gasteiger partial charge in [0.15, 0.2) is 0 Å². The van der Waals surface area contributed by atoms with E-state index in [-0.39, 0.29) is 13.1 Å². The van der Waals surface area contributed by atoms with E-state index < -0.39 is 11.9 Å². The summed E-state index contributed by atoms with van der Waals surface area (Å²) in [4.78, 5) is 19.6. The van der Waals surface area contributed by atoms with Crippen LogP contribution in [0.5, 0.6) is 0 Å². The second-order valence-corrected chi connectivity index (χ2v) is 4.25. The van der Waals surface area contributed by atoms with Crippen LogP contribution >= 0.6 is 0 Å². The van der Waals surface area contributed by atoms with Crippen molar-refractivity contribution in [3.05, 3.63) is 35.4 Å². The number of aliphatic carboxylic acids is 2. The summed E-state index contributed by atoms with van der Waals surface area (Å²) in [6, 6.07) is 8.57. The van der Waals surface area contributed by atoms with Gasteiger partial charge in [-0.15, -0.1) is 0 Å². The summed E-state index contributed by atoms with van der Waals surface area (Å²) in [5.41, 5.74) is 7.26. The van der Waals surface area contributed by atoms with Gasteiger partial charge in [0.2, 0.25) is 0 Å². The maximum Gasteiger partial charge on any atom is 0.317 e. The molecule has 0 heterocycles. The number of benzene rings is 1. The predicted molar refractivity (Wildman–Crippen MR) is 70.0 cm³/mol. The Labute approximate surface area is 111 Å². The number of rotatable bonds is 4. The summed E-state index contributed by atoms with van der Waals surface area (Å²) in [5, 5.41) is 19.2. The molecule has 6 nitrogen and oxygen atoms in total. The van der Waals surface area contributed by atoms with E-state index in [9.17, 15) is 9.59 Å². The first kappa shape index (κ1) is 15.1. The van der Waals surface area contributed by atoms with Gasteiger partial charge >= 0.3 is 11.9 Å². The van der Waals surface area contributed by atoms with Gasteiger partial charge in [-0.1, -0.05) is 24.3 Å². The van der Waals surface area contributed by atoms with Crippen LogP contribution in [-0.2, 0) is 22.4 Å². The van der Waals surface area contributed by atoms with Crippen LogP contribution in [0.15, 0.2) is 24.3 Å². The van der Waals surface area contributed by atoms with Crippen LogP contribution in [0.25, 0.3) is 0 Å². The van der Waals surface area contributed by atoms with Crippen molar-refractivity contribution in [2.75, 3.05) is 13.1 Å². The Hall–Kier alpha value is -1.92. The Kier molecular flexibility index (Phi) is 5.98. The van der Waals surface area contributed by atoms with Gasteiger partial charge in [0.1, 0.15) is 0 Å². The molecule has 1 aromatic carbocycles. The first-order chi connectivity index (χ1) is 9.02. The first-order valence-electron chi connectivity index (χ1n) is 5.96. The van der Waals surface area contributed by atoms with Crippen molar-refractivity contribution in [2.24, 2.45) is 5.73 Å². The number of carbonyl (C=O) groups is 2. The van der Waals surface area contributed by atoms with Crippen molar-refractivity contribution in [3.63, 3.8) is 0 Å². The lowest BCUT2D eigenvalue weighted by molar-refractivity contribution is -0.136. The molecule has 0 fully saturated rings. The average Bonchev–Trinajstić information content (AvgIpc) is 2.79. The molecule has 0 spiro atoms. The predicted octanol–water partition coefficient (Wildman–Crippen LogP) is -0.142. The molecule has 0 aliphatic heterocycles. The molecule has 0 radical (unpaired) electrons. The summed E-state index contributed by atoms with van der Waals surface area (Å²) in [7, 11) is 0. The number of nitrogens with two attached hydrogens (primary N) is 1. The number of carboxylic acids is 2. The van der Waals surface area contributed by atoms with Gasteiger partial charge in [-0.2, -0.15) is 0 Å². The lowest BCUT2D eigenvalue weighted by atomic mass is 10.1. The van der Waals surface area contributed by atoms with Crippen molar-refractivity contribution < 1.29 is 19.8 Å². The molecule has 5 N–H and O–H groups in total. The van der Waals surface area contributed by atoms with Gasteiger partial charge in [0.05, 0.1) is 13.1 Å². The molecule has 1 aliphatic rings. The second-order valence-electron chi connectivity index (χ2n) is 4.25. The summed E-state index contributed by atoms with van der Waals surface area (Å²) >= 11 is 0. The van der Waals surface area contributed by atoms with Gasteiger partial charge in [0.25, 0.3) is 0 Å². The third-order valence-electron chi connectivity index (χ3n) is 2.77. The van der Waals surface area contributed by atoms with E-state index >= 15 is 0 Å². The minimum absolute atomic E-state index is 0.0542. The lowest BCUT2D eigenvalue weighted by Crippen LogP contribution is -2.33. The monoisotopic (exact) mass is 266 g/mol. The normalized spacial score (nSPS) is 13.3. The third-order valence-corrected chi connectivity index (χ3v) is 2.77. The van der Waals surface area contributed by atoms with Crippen LogP contribution in [0.4, 0.5) is 0 Å². The zero-order chi connectivity index (χ0) is 14.3. The second kappa shape index (κ2) is 7.50. The Bertz CT molecular complexity index is 423. The summed E-state index contributed by atoms with van der Waals surface area (Å²) < 4.78 is 0. The number of nitrogens with one attached hydrogen (secondary N) is 1. The molecular weight excluding hydrogens is 248 g/mol. The van der Waals surface area contributed by atoms with Gasteiger partial charge in [-0.25, -0.2) is 0 Å². The van der Waals surface area contributed by atoms with Gasteiger partial charge < -0.3 is 21.3 Å². The Morgan fingerprint density at radius 1 is 1.16 bits per heavy atom. The molecule has 1 aliphatic carbocycles. The highest BCUT2D eigenvalue weighted by Crippen LogP contribution is 2.21. The SMILES string of the molecule is NCC(=O)O.O=C(O)CNC1Cc2ccccc2C1. The molecule has 2 rings (SSSR count). The van der Waals surface area contributed by atoms with Crippen LogP contribution < -0.4 is 11.1 Å². The highest BCUT2D eigenvalue weighted by Gasteiger charge is 2.20. The van der Waals surface area contributed by atoms with Gasteiger partial charge in [0, 0.05) is 6.04 Å². The molecule has 0 saturated carbocycles. The van der Waals surface area contributed by atoms with Crippen molar-refractivity contribution >= 4 is 11.9 Å². The van der Waals surface area contributed by atoms with Crippen molar-refractivity contribution in [1.29, 1.82) is 0 Å². The minimum atomic E-state index is -0.968. The van der Waals surface area contributed by atoms with Crippen LogP contribution in [-0.4, -0.2) is 41.3 Å². The van der Waals surface area contributed by atoms with Gasteiger partial charge in [-0.3, -0.25) is 9.59 Å². The van der Waals surface area contributed by atoms with Crippen molar-refractivity contribution in [1.82, 2.24) is 5.32 Å². The number of hydrogen-bond acceptors (Lipinski definition) is 4. The number of carboxylic acid groups (broad SMARTS) is 2. The fourth-order valence-corrected chi connectivity index (χ4v) is 1.93. The van der Waals surface area contributed by atoms with E-state index in [0.717, 1.165) is 12.8 Å². The number of hydrogen-bond donors (Lipinski definition) is 4.